The predicted molar refractivity (Wildman–Crippen MR) is 95.5 cm³/mol. The van der Waals surface area contributed by atoms with Crippen LogP contribution < -0.4 is 10.1 Å². The summed E-state index contributed by atoms with van der Waals surface area (Å²) < 4.78 is 5.17. The zero-order valence-corrected chi connectivity index (χ0v) is 14.5. The minimum atomic E-state index is 0.484. The minimum absolute atomic E-state index is 0.484. The van der Waals surface area contributed by atoms with Crippen LogP contribution in [0, 0.1) is 13.8 Å². The predicted octanol–water partition coefficient (Wildman–Crippen LogP) is 2.61. The molecule has 25 heavy (non-hydrogen) atoms. The fraction of sp³-hybridized carbons (Fsp3) is 0.278. The lowest BCUT2D eigenvalue weighted by atomic mass is 10.1. The van der Waals surface area contributed by atoms with Crippen LogP contribution in [0.25, 0.3) is 11.3 Å². The molecule has 7 heteroatoms. The third kappa shape index (κ3) is 4.47. The van der Waals surface area contributed by atoms with Crippen molar-refractivity contribution in [3.05, 3.63) is 53.7 Å². The summed E-state index contributed by atoms with van der Waals surface area (Å²) in [4.78, 5) is 13.4. The number of rotatable bonds is 6. The standard InChI is InChI=1S/C18H20N6O/c1-12-10-13(2)22-17(21-12)8-9-19-18-23-16(11-20-24-18)14-4-6-15(25-3)7-5-14/h4-7,10-11H,8-9H2,1-3H3,(H,19,23,24). The quantitative estimate of drug-likeness (QED) is 0.740. The molecule has 128 valence electrons. The Balaban J connectivity index is 1.65. The lowest BCUT2D eigenvalue weighted by Gasteiger charge is -2.07. The highest BCUT2D eigenvalue weighted by atomic mass is 16.5. The fourth-order valence-electron chi connectivity index (χ4n) is 2.48. The van der Waals surface area contributed by atoms with Crippen LogP contribution >= 0.6 is 0 Å². The van der Waals surface area contributed by atoms with Crippen molar-refractivity contribution >= 4 is 5.95 Å². The maximum absolute atomic E-state index is 5.17. The number of methoxy groups -OCH3 is 1. The Labute approximate surface area is 146 Å². The third-order valence-corrected chi connectivity index (χ3v) is 3.60. The van der Waals surface area contributed by atoms with Crippen molar-refractivity contribution in [2.24, 2.45) is 0 Å². The van der Waals surface area contributed by atoms with Crippen LogP contribution in [-0.4, -0.2) is 38.8 Å². The smallest absolute Gasteiger partial charge is 0.243 e. The molecule has 0 bridgehead atoms. The SMILES string of the molecule is COc1ccc(-c2cnnc(NCCc3nc(C)cc(C)n3)n2)cc1. The monoisotopic (exact) mass is 336 g/mol. The van der Waals surface area contributed by atoms with Crippen molar-refractivity contribution in [3.8, 4) is 17.0 Å². The van der Waals surface area contributed by atoms with Crippen molar-refractivity contribution in [3.63, 3.8) is 0 Å². The summed E-state index contributed by atoms with van der Waals surface area (Å²) in [7, 11) is 1.64. The maximum atomic E-state index is 5.17. The van der Waals surface area contributed by atoms with Crippen molar-refractivity contribution in [2.75, 3.05) is 19.0 Å². The molecule has 0 aliphatic carbocycles. The van der Waals surface area contributed by atoms with Gasteiger partial charge in [-0.05, 0) is 44.2 Å². The second kappa shape index (κ2) is 7.65. The Kier molecular flexibility index (Phi) is 5.13. The zero-order chi connectivity index (χ0) is 17.6. The fourth-order valence-corrected chi connectivity index (χ4v) is 2.48. The molecular weight excluding hydrogens is 316 g/mol. The van der Waals surface area contributed by atoms with E-state index in [4.69, 9.17) is 4.74 Å². The first-order valence-corrected chi connectivity index (χ1v) is 8.03. The zero-order valence-electron chi connectivity index (χ0n) is 14.5. The first-order chi connectivity index (χ1) is 12.1. The van der Waals surface area contributed by atoms with E-state index in [1.165, 1.54) is 0 Å². The summed E-state index contributed by atoms with van der Waals surface area (Å²) in [6.45, 7) is 4.57. The van der Waals surface area contributed by atoms with Gasteiger partial charge in [-0.25, -0.2) is 15.0 Å². The van der Waals surface area contributed by atoms with Crippen molar-refractivity contribution in [2.45, 2.75) is 20.3 Å². The van der Waals surface area contributed by atoms with Gasteiger partial charge in [0.05, 0.1) is 19.0 Å². The molecule has 0 fully saturated rings. The molecule has 0 aliphatic rings. The maximum Gasteiger partial charge on any atom is 0.243 e. The molecule has 0 spiro atoms. The average Bonchev–Trinajstić information content (AvgIpc) is 2.61. The van der Waals surface area contributed by atoms with Crippen LogP contribution in [0.2, 0.25) is 0 Å². The van der Waals surface area contributed by atoms with Gasteiger partial charge < -0.3 is 10.1 Å². The van der Waals surface area contributed by atoms with E-state index >= 15 is 0 Å². The highest BCUT2D eigenvalue weighted by molar-refractivity contribution is 5.60. The van der Waals surface area contributed by atoms with Gasteiger partial charge in [0, 0.05) is 29.9 Å². The highest BCUT2D eigenvalue weighted by Gasteiger charge is 2.05. The number of nitrogens with zero attached hydrogens (tertiary/aromatic N) is 5. The summed E-state index contributed by atoms with van der Waals surface area (Å²) in [5.41, 5.74) is 3.66. The summed E-state index contributed by atoms with van der Waals surface area (Å²) in [5, 5.41) is 11.2. The normalized spacial score (nSPS) is 10.5. The number of hydrogen-bond acceptors (Lipinski definition) is 7. The Morgan fingerprint density at radius 3 is 2.40 bits per heavy atom. The van der Waals surface area contributed by atoms with Crippen molar-refractivity contribution in [1.82, 2.24) is 25.1 Å². The largest absolute Gasteiger partial charge is 0.497 e. The van der Waals surface area contributed by atoms with Gasteiger partial charge in [0.2, 0.25) is 5.95 Å². The van der Waals surface area contributed by atoms with E-state index in [-0.39, 0.29) is 0 Å². The number of benzene rings is 1. The molecule has 0 amide bonds. The van der Waals surface area contributed by atoms with Gasteiger partial charge in [-0.1, -0.05) is 0 Å². The molecule has 1 N–H and O–H groups in total. The minimum Gasteiger partial charge on any atom is -0.497 e. The number of hydrogen-bond donors (Lipinski definition) is 1. The van der Waals surface area contributed by atoms with Gasteiger partial charge >= 0.3 is 0 Å². The van der Waals surface area contributed by atoms with E-state index < -0.39 is 0 Å². The topological polar surface area (TPSA) is 85.7 Å². The second-order valence-corrected chi connectivity index (χ2v) is 5.64. The van der Waals surface area contributed by atoms with Crippen LogP contribution in [0.5, 0.6) is 5.75 Å². The van der Waals surface area contributed by atoms with Crippen LogP contribution in [0.1, 0.15) is 17.2 Å². The van der Waals surface area contributed by atoms with Gasteiger partial charge in [-0.2, -0.15) is 5.10 Å². The molecule has 7 nitrogen and oxygen atoms in total. The summed E-state index contributed by atoms with van der Waals surface area (Å²) in [6.07, 6.45) is 2.33. The summed E-state index contributed by atoms with van der Waals surface area (Å²) >= 11 is 0. The molecule has 0 unspecified atom stereocenters. The molecule has 3 aromatic rings. The van der Waals surface area contributed by atoms with Gasteiger partial charge in [-0.3, -0.25) is 0 Å². The molecule has 2 aromatic heterocycles. The lowest BCUT2D eigenvalue weighted by molar-refractivity contribution is 0.415. The first kappa shape index (κ1) is 16.8. The molecule has 0 saturated carbocycles. The van der Waals surface area contributed by atoms with Crippen LogP contribution in [-0.2, 0) is 6.42 Å². The van der Waals surface area contributed by atoms with Gasteiger partial charge in [-0.15, -0.1) is 5.10 Å². The molecule has 1 aromatic carbocycles. The number of aryl methyl sites for hydroxylation is 2. The van der Waals surface area contributed by atoms with Crippen LogP contribution in [0.15, 0.2) is 36.5 Å². The van der Waals surface area contributed by atoms with Gasteiger partial charge in [0.15, 0.2) is 0 Å². The van der Waals surface area contributed by atoms with E-state index in [1.807, 2.05) is 44.2 Å². The van der Waals surface area contributed by atoms with E-state index in [2.05, 4.69) is 30.5 Å². The lowest BCUT2D eigenvalue weighted by Crippen LogP contribution is -2.11. The molecule has 0 aliphatic heterocycles. The number of nitrogens with one attached hydrogen (secondary N) is 1. The summed E-state index contributed by atoms with van der Waals surface area (Å²) in [6, 6.07) is 9.62. The number of ether oxygens (including phenoxy) is 1. The Morgan fingerprint density at radius 1 is 1.00 bits per heavy atom. The number of anilines is 1. The second-order valence-electron chi connectivity index (χ2n) is 5.64. The molecule has 0 saturated heterocycles. The van der Waals surface area contributed by atoms with Crippen LogP contribution in [0.4, 0.5) is 5.95 Å². The average molecular weight is 336 g/mol. The molecule has 2 heterocycles. The first-order valence-electron chi connectivity index (χ1n) is 8.03. The Bertz CT molecular complexity index is 830. The summed E-state index contributed by atoms with van der Waals surface area (Å²) in [5.74, 6) is 2.10. The number of aromatic nitrogens is 5. The molecule has 0 atom stereocenters. The molecule has 0 radical (unpaired) electrons. The third-order valence-electron chi connectivity index (χ3n) is 3.60. The van der Waals surface area contributed by atoms with E-state index in [0.29, 0.717) is 18.9 Å². The van der Waals surface area contributed by atoms with E-state index in [1.54, 1.807) is 13.3 Å². The highest BCUT2D eigenvalue weighted by Crippen LogP contribution is 2.20. The van der Waals surface area contributed by atoms with Gasteiger partial charge in [0.1, 0.15) is 11.6 Å². The Hall–Kier alpha value is -3.09. The van der Waals surface area contributed by atoms with Crippen molar-refractivity contribution < 1.29 is 4.74 Å². The molecular formula is C18H20N6O. The Morgan fingerprint density at radius 2 is 1.72 bits per heavy atom. The van der Waals surface area contributed by atoms with E-state index in [9.17, 15) is 0 Å². The van der Waals surface area contributed by atoms with E-state index in [0.717, 1.165) is 34.2 Å². The van der Waals surface area contributed by atoms with Crippen LogP contribution in [0.3, 0.4) is 0 Å². The van der Waals surface area contributed by atoms with Gasteiger partial charge in [0.25, 0.3) is 0 Å². The van der Waals surface area contributed by atoms with Crippen molar-refractivity contribution in [1.29, 1.82) is 0 Å². The molecule has 3 rings (SSSR count).